The predicted molar refractivity (Wildman–Crippen MR) is 132 cm³/mol. The van der Waals surface area contributed by atoms with Crippen molar-refractivity contribution in [3.05, 3.63) is 52.2 Å². The predicted octanol–water partition coefficient (Wildman–Crippen LogP) is 2.69. The van der Waals surface area contributed by atoms with Crippen LogP contribution in [-0.4, -0.2) is 78.0 Å². The van der Waals surface area contributed by atoms with E-state index in [1.807, 2.05) is 23.1 Å². The van der Waals surface area contributed by atoms with E-state index in [0.717, 1.165) is 64.2 Å². The van der Waals surface area contributed by atoms with Crippen LogP contribution in [0.5, 0.6) is 0 Å². The van der Waals surface area contributed by atoms with Crippen molar-refractivity contribution in [1.82, 2.24) is 24.9 Å². The van der Waals surface area contributed by atoms with E-state index in [2.05, 4.69) is 57.6 Å². The Kier molecular flexibility index (Phi) is 6.78. The van der Waals surface area contributed by atoms with Gasteiger partial charge in [-0.15, -0.1) is 11.3 Å². The molecule has 176 valence electrons. The van der Waals surface area contributed by atoms with E-state index in [4.69, 9.17) is 4.74 Å². The lowest BCUT2D eigenvalue weighted by Crippen LogP contribution is -2.41. The molecule has 8 heteroatoms. The van der Waals surface area contributed by atoms with Crippen molar-refractivity contribution in [3.63, 3.8) is 0 Å². The maximum absolute atomic E-state index is 13.0. The number of aryl methyl sites for hydroxylation is 1. The lowest BCUT2D eigenvalue weighted by atomic mass is 9.90. The Morgan fingerprint density at radius 2 is 2.12 bits per heavy atom. The number of hydrogen-bond acceptors (Lipinski definition) is 6. The number of rotatable bonds is 7. The van der Waals surface area contributed by atoms with Crippen molar-refractivity contribution in [2.75, 3.05) is 46.4 Å². The minimum absolute atomic E-state index is 0.0482. The van der Waals surface area contributed by atoms with E-state index >= 15 is 0 Å². The zero-order valence-electron chi connectivity index (χ0n) is 19.5. The van der Waals surface area contributed by atoms with E-state index in [9.17, 15) is 4.79 Å². The molecule has 2 aromatic heterocycles. The first-order valence-electron chi connectivity index (χ1n) is 11.9. The van der Waals surface area contributed by atoms with E-state index < -0.39 is 0 Å². The summed E-state index contributed by atoms with van der Waals surface area (Å²) in [5.41, 5.74) is 2.94. The maximum Gasteiger partial charge on any atom is 0.272 e. The second kappa shape index (κ2) is 9.93. The molecule has 0 bridgehead atoms. The van der Waals surface area contributed by atoms with Crippen molar-refractivity contribution in [1.29, 1.82) is 0 Å². The molecule has 33 heavy (non-hydrogen) atoms. The van der Waals surface area contributed by atoms with Gasteiger partial charge in [0.1, 0.15) is 0 Å². The van der Waals surface area contributed by atoms with Crippen LogP contribution >= 0.6 is 11.3 Å². The molecule has 1 fully saturated rings. The summed E-state index contributed by atoms with van der Waals surface area (Å²) in [4.78, 5) is 19.2. The minimum Gasteiger partial charge on any atom is -0.379 e. The van der Waals surface area contributed by atoms with Gasteiger partial charge in [0.25, 0.3) is 5.91 Å². The lowest BCUT2D eigenvalue weighted by Gasteiger charge is -2.31. The van der Waals surface area contributed by atoms with Crippen LogP contribution in [0.3, 0.4) is 0 Å². The zero-order valence-corrected chi connectivity index (χ0v) is 20.4. The molecule has 7 nitrogen and oxygen atoms in total. The fourth-order valence-corrected chi connectivity index (χ4v) is 6.18. The van der Waals surface area contributed by atoms with Gasteiger partial charge in [0.15, 0.2) is 5.69 Å². The molecular formula is C25H33N5O2S. The summed E-state index contributed by atoms with van der Waals surface area (Å²) in [5, 5.41) is 9.04. The summed E-state index contributed by atoms with van der Waals surface area (Å²) >= 11 is 1.87. The Bertz CT molecular complexity index is 1080. The standard InChI is InChI=1S/C25H33N5O2S/c1-28(17-20-15-18-5-3-4-6-23(18)33-20)19-7-8-22-21(16-19)24(27-29(22)2)25(31)26-9-10-30-11-13-32-14-12-30/h3-6,15,19H,7-14,16-17H2,1-2H3,(H,26,31). The lowest BCUT2D eigenvalue weighted by molar-refractivity contribution is 0.0383. The number of morpholine rings is 1. The zero-order chi connectivity index (χ0) is 22.8. The molecule has 1 saturated heterocycles. The van der Waals surface area contributed by atoms with Crippen LogP contribution in [0.2, 0.25) is 0 Å². The molecule has 3 heterocycles. The number of benzene rings is 1. The highest BCUT2D eigenvalue weighted by atomic mass is 32.1. The third-order valence-corrected chi connectivity index (χ3v) is 8.07. The van der Waals surface area contributed by atoms with Gasteiger partial charge in [-0.1, -0.05) is 18.2 Å². The van der Waals surface area contributed by atoms with E-state index in [0.29, 0.717) is 18.3 Å². The summed E-state index contributed by atoms with van der Waals surface area (Å²) < 4.78 is 8.65. The Morgan fingerprint density at radius 3 is 2.94 bits per heavy atom. The van der Waals surface area contributed by atoms with Gasteiger partial charge < -0.3 is 10.1 Å². The number of aromatic nitrogens is 2. The normalized spacial score (nSPS) is 19.2. The number of fused-ring (bicyclic) bond motifs is 2. The maximum atomic E-state index is 13.0. The Balaban J connectivity index is 1.22. The van der Waals surface area contributed by atoms with Gasteiger partial charge in [-0.25, -0.2) is 0 Å². The van der Waals surface area contributed by atoms with Crippen molar-refractivity contribution >= 4 is 27.3 Å². The van der Waals surface area contributed by atoms with Crippen molar-refractivity contribution in [2.45, 2.75) is 31.8 Å². The molecule has 1 amide bonds. The topological polar surface area (TPSA) is 62.6 Å². The fraction of sp³-hybridized carbons (Fsp3) is 0.520. The highest BCUT2D eigenvalue weighted by Gasteiger charge is 2.30. The quantitative estimate of drug-likeness (QED) is 0.579. The molecule has 3 aromatic rings. The second-order valence-corrected chi connectivity index (χ2v) is 10.3. The van der Waals surface area contributed by atoms with E-state index in [-0.39, 0.29) is 5.91 Å². The van der Waals surface area contributed by atoms with E-state index in [1.165, 1.54) is 20.7 Å². The first kappa shape index (κ1) is 22.5. The minimum atomic E-state index is -0.0482. The number of nitrogens with one attached hydrogen (secondary N) is 1. The highest BCUT2D eigenvalue weighted by molar-refractivity contribution is 7.19. The first-order valence-corrected chi connectivity index (χ1v) is 12.7. The number of hydrogen-bond donors (Lipinski definition) is 1. The van der Waals surface area contributed by atoms with Crippen LogP contribution in [0.1, 0.15) is 33.0 Å². The van der Waals surface area contributed by atoms with Gasteiger partial charge in [-0.05, 0) is 43.8 Å². The smallest absolute Gasteiger partial charge is 0.272 e. The van der Waals surface area contributed by atoms with Gasteiger partial charge in [-0.2, -0.15) is 5.10 Å². The summed E-state index contributed by atoms with van der Waals surface area (Å²) in [6.45, 7) is 5.84. The summed E-state index contributed by atoms with van der Waals surface area (Å²) in [6.07, 6.45) is 2.92. The third kappa shape index (κ3) is 4.99. The fourth-order valence-electron chi connectivity index (χ4n) is 5.06. The molecule has 1 unspecified atom stereocenters. The Hall–Kier alpha value is -2.26. The number of carbonyl (C=O) groups excluding carboxylic acids is 1. The van der Waals surface area contributed by atoms with Crippen molar-refractivity contribution in [3.8, 4) is 0 Å². The van der Waals surface area contributed by atoms with Crippen LogP contribution in [0.25, 0.3) is 10.1 Å². The van der Waals surface area contributed by atoms with Gasteiger partial charge in [0.05, 0.1) is 13.2 Å². The Morgan fingerprint density at radius 1 is 1.30 bits per heavy atom. The first-order chi connectivity index (χ1) is 16.1. The van der Waals surface area contributed by atoms with Gasteiger partial charge >= 0.3 is 0 Å². The molecule has 0 radical (unpaired) electrons. The number of thiophene rings is 1. The molecular weight excluding hydrogens is 434 g/mol. The summed E-state index contributed by atoms with van der Waals surface area (Å²) in [6, 6.07) is 11.3. The molecule has 1 aliphatic carbocycles. The van der Waals surface area contributed by atoms with E-state index in [1.54, 1.807) is 0 Å². The molecule has 5 rings (SSSR count). The van der Waals surface area contributed by atoms with Crippen LogP contribution < -0.4 is 5.32 Å². The van der Waals surface area contributed by atoms with Gasteiger partial charge in [-0.3, -0.25) is 19.3 Å². The van der Waals surface area contributed by atoms with Crippen LogP contribution in [-0.2, 0) is 31.2 Å². The van der Waals surface area contributed by atoms with Crippen LogP contribution in [0.15, 0.2) is 30.3 Å². The largest absolute Gasteiger partial charge is 0.379 e. The van der Waals surface area contributed by atoms with Crippen molar-refractivity contribution < 1.29 is 9.53 Å². The molecule has 0 spiro atoms. The van der Waals surface area contributed by atoms with Gasteiger partial charge in [0, 0.05) is 66.6 Å². The number of amides is 1. The molecule has 0 saturated carbocycles. The molecule has 1 atom stereocenters. The SMILES string of the molecule is CN(Cc1cc2ccccc2s1)C1CCc2c(c(C(=O)NCCN3CCOCC3)nn2C)C1. The van der Waals surface area contributed by atoms with Crippen LogP contribution in [0.4, 0.5) is 0 Å². The average Bonchev–Trinajstić information content (AvgIpc) is 3.39. The summed E-state index contributed by atoms with van der Waals surface area (Å²) in [7, 11) is 4.17. The van der Waals surface area contributed by atoms with Crippen LogP contribution in [0, 0.1) is 0 Å². The second-order valence-electron chi connectivity index (χ2n) is 9.17. The number of carbonyl (C=O) groups is 1. The average molecular weight is 468 g/mol. The molecule has 1 N–H and O–H groups in total. The summed E-state index contributed by atoms with van der Waals surface area (Å²) in [5.74, 6) is -0.0482. The van der Waals surface area contributed by atoms with Crippen molar-refractivity contribution in [2.24, 2.45) is 7.05 Å². The number of ether oxygens (including phenoxy) is 1. The molecule has 1 aliphatic heterocycles. The number of nitrogens with zero attached hydrogens (tertiary/aromatic N) is 4. The van der Waals surface area contributed by atoms with Gasteiger partial charge in [0.2, 0.25) is 0 Å². The highest BCUT2D eigenvalue weighted by Crippen LogP contribution is 2.30. The number of likely N-dealkylation sites (N-methyl/N-ethyl adjacent to an activating group) is 1. The molecule has 2 aliphatic rings. The molecule has 1 aromatic carbocycles. The third-order valence-electron chi connectivity index (χ3n) is 6.97. The monoisotopic (exact) mass is 467 g/mol. The Labute approximate surface area is 199 Å².